The maximum atomic E-state index is 13.9. The molecule has 1 aromatic heterocycles. The van der Waals surface area contributed by atoms with Gasteiger partial charge in [0.15, 0.2) is 5.78 Å². The van der Waals surface area contributed by atoms with Crippen molar-refractivity contribution < 1.29 is 14.3 Å². The number of hydrogen-bond donors (Lipinski definition) is 0. The van der Waals surface area contributed by atoms with Crippen LogP contribution in [0, 0.1) is 6.57 Å². The Morgan fingerprint density at radius 1 is 0.927 bits per heavy atom. The topological polar surface area (TPSA) is 69.7 Å². The number of aryl methyl sites for hydroxylation is 1. The molecule has 0 saturated heterocycles. The van der Waals surface area contributed by atoms with E-state index in [1.807, 2.05) is 36.4 Å². The molecule has 198 valence electrons. The summed E-state index contributed by atoms with van der Waals surface area (Å²) in [4.78, 5) is 45.1. The molecule has 0 atom stereocenters. The number of rotatable bonds is 6. The number of pyridine rings is 1. The lowest BCUT2D eigenvalue weighted by Crippen LogP contribution is -2.21. The molecule has 0 fully saturated rings. The van der Waals surface area contributed by atoms with E-state index in [0.29, 0.717) is 48.5 Å². The molecule has 1 heterocycles. The number of carbonyl (C=O) groups is 2. The second-order valence-electron chi connectivity index (χ2n) is 9.53. The van der Waals surface area contributed by atoms with Gasteiger partial charge < -0.3 is 9.30 Å². The number of hydrogen-bond acceptors (Lipinski definition) is 5. The third-order valence-electron chi connectivity index (χ3n) is 7.19. The fraction of sp³-hybridized carbons (Fsp3) is 0.0588. The van der Waals surface area contributed by atoms with Crippen LogP contribution in [0.25, 0.3) is 33.0 Å². The Balaban J connectivity index is 1.44. The van der Waals surface area contributed by atoms with Crippen LogP contribution in [0.4, 0.5) is 5.69 Å². The molecular formula is C34H22N2O4S. The van der Waals surface area contributed by atoms with Crippen LogP contribution < -0.4 is 5.56 Å². The molecule has 6 rings (SSSR count). The van der Waals surface area contributed by atoms with Crippen molar-refractivity contribution >= 4 is 46.2 Å². The number of ether oxygens (including phenoxy) is 1. The molecule has 0 spiro atoms. The smallest absolute Gasteiger partial charge is 0.339 e. The predicted molar refractivity (Wildman–Crippen MR) is 161 cm³/mol. The molecule has 6 nitrogen and oxygen atoms in total. The summed E-state index contributed by atoms with van der Waals surface area (Å²) < 4.78 is 7.05. The maximum Gasteiger partial charge on any atom is 0.339 e. The van der Waals surface area contributed by atoms with Gasteiger partial charge in [0.1, 0.15) is 6.61 Å². The molecule has 0 radical (unpaired) electrons. The van der Waals surface area contributed by atoms with Gasteiger partial charge in [-0.05, 0) is 41.0 Å². The lowest BCUT2D eigenvalue weighted by atomic mass is 9.83. The Morgan fingerprint density at radius 2 is 1.63 bits per heavy atom. The first-order chi connectivity index (χ1) is 19.9. The molecule has 0 amide bonds. The van der Waals surface area contributed by atoms with Crippen molar-refractivity contribution in [3.63, 3.8) is 0 Å². The highest BCUT2D eigenvalue weighted by Crippen LogP contribution is 2.47. The van der Waals surface area contributed by atoms with Crippen molar-refractivity contribution in [3.8, 4) is 11.1 Å². The summed E-state index contributed by atoms with van der Waals surface area (Å²) >= 11 is 1.28. The fourth-order valence-corrected chi connectivity index (χ4v) is 6.21. The molecule has 0 aliphatic heterocycles. The van der Waals surface area contributed by atoms with Crippen LogP contribution in [0.3, 0.4) is 0 Å². The quantitative estimate of drug-likeness (QED) is 0.158. The maximum absolute atomic E-state index is 13.9. The Kier molecular flexibility index (Phi) is 6.62. The van der Waals surface area contributed by atoms with Crippen molar-refractivity contribution in [1.29, 1.82) is 0 Å². The lowest BCUT2D eigenvalue weighted by molar-refractivity contribution is 0.0468. The van der Waals surface area contributed by atoms with E-state index in [-0.39, 0.29) is 18.1 Å². The van der Waals surface area contributed by atoms with E-state index in [0.717, 1.165) is 11.1 Å². The highest BCUT2D eigenvalue weighted by Gasteiger charge is 2.32. The molecule has 4 aromatic carbocycles. The van der Waals surface area contributed by atoms with Crippen molar-refractivity contribution in [2.75, 3.05) is 0 Å². The molecule has 0 bridgehead atoms. The minimum absolute atomic E-state index is 0.0200. The zero-order chi connectivity index (χ0) is 28.7. The Morgan fingerprint density at radius 3 is 2.37 bits per heavy atom. The fourth-order valence-electron chi connectivity index (χ4n) is 5.13. The lowest BCUT2D eigenvalue weighted by Gasteiger charge is -2.24. The van der Waals surface area contributed by atoms with Crippen LogP contribution in [0.15, 0.2) is 106 Å². The summed E-state index contributed by atoms with van der Waals surface area (Å²) in [5.41, 5.74) is 4.23. The molecular weight excluding hydrogens is 532 g/mol. The second kappa shape index (κ2) is 10.4. The summed E-state index contributed by atoms with van der Waals surface area (Å²) in [6.45, 7) is 11.6. The van der Waals surface area contributed by atoms with E-state index in [4.69, 9.17) is 11.3 Å². The van der Waals surface area contributed by atoms with Gasteiger partial charge >= 0.3 is 5.97 Å². The summed E-state index contributed by atoms with van der Waals surface area (Å²) in [6.07, 6.45) is 1.75. The largest absolute Gasteiger partial charge is 0.457 e. The Bertz CT molecular complexity index is 2020. The zero-order valence-corrected chi connectivity index (χ0v) is 22.8. The van der Waals surface area contributed by atoms with Gasteiger partial charge in [0.2, 0.25) is 0 Å². The number of fused-ring (bicyclic) bond motifs is 2. The van der Waals surface area contributed by atoms with Gasteiger partial charge in [0.05, 0.1) is 12.1 Å². The summed E-state index contributed by atoms with van der Waals surface area (Å²) in [6, 6.07) is 25.3. The van der Waals surface area contributed by atoms with Gasteiger partial charge in [-0.2, -0.15) is 0 Å². The number of ketones is 1. The average molecular weight is 555 g/mol. The SMILES string of the molecule is [C-]#[N+]c1c2c3c(c(Sc4ccccc4C(=O)OCc4ccc(C=C)cc4)ccc3n(C)c1=O)C(=O)c1ccccc1-2. The van der Waals surface area contributed by atoms with E-state index in [2.05, 4.69) is 11.4 Å². The monoisotopic (exact) mass is 554 g/mol. The van der Waals surface area contributed by atoms with Gasteiger partial charge in [-0.1, -0.05) is 85.1 Å². The van der Waals surface area contributed by atoms with E-state index in [1.54, 1.807) is 61.7 Å². The van der Waals surface area contributed by atoms with Crippen molar-refractivity contribution in [1.82, 2.24) is 4.57 Å². The molecule has 0 saturated carbocycles. The van der Waals surface area contributed by atoms with Crippen molar-refractivity contribution in [2.45, 2.75) is 16.4 Å². The first kappa shape index (κ1) is 26.1. The summed E-state index contributed by atoms with van der Waals surface area (Å²) in [7, 11) is 1.61. The van der Waals surface area contributed by atoms with E-state index >= 15 is 0 Å². The number of benzene rings is 4. The molecule has 1 aliphatic rings. The molecule has 0 N–H and O–H groups in total. The minimum Gasteiger partial charge on any atom is -0.457 e. The van der Waals surface area contributed by atoms with Gasteiger partial charge in [-0.15, -0.1) is 0 Å². The molecule has 41 heavy (non-hydrogen) atoms. The normalized spacial score (nSPS) is 11.6. The van der Waals surface area contributed by atoms with Crippen molar-refractivity contribution in [3.05, 3.63) is 141 Å². The van der Waals surface area contributed by atoms with E-state index < -0.39 is 11.5 Å². The zero-order valence-electron chi connectivity index (χ0n) is 22.0. The highest BCUT2D eigenvalue weighted by molar-refractivity contribution is 7.99. The third-order valence-corrected chi connectivity index (χ3v) is 8.33. The highest BCUT2D eigenvalue weighted by atomic mass is 32.2. The van der Waals surface area contributed by atoms with Crippen LogP contribution in [0.1, 0.15) is 37.4 Å². The first-order valence-corrected chi connectivity index (χ1v) is 13.6. The average Bonchev–Trinajstić information content (AvgIpc) is 3.01. The van der Waals surface area contributed by atoms with Crippen LogP contribution in [-0.2, 0) is 18.4 Å². The van der Waals surface area contributed by atoms with Crippen LogP contribution in [0.5, 0.6) is 0 Å². The standard InChI is InChI=1S/C34H22N2O4S/c1-4-20-13-15-21(16-14-20)19-40-34(39)24-11-7-8-12-26(24)41-27-18-17-25-29-28(31(35-2)33(38)36(25)3)22-9-5-6-10-23(22)32(37)30(27)29/h4-18H,1,19H2,3H3. The third kappa shape index (κ3) is 4.35. The second-order valence-corrected chi connectivity index (χ2v) is 10.6. The number of esters is 1. The molecule has 5 aromatic rings. The van der Waals surface area contributed by atoms with Crippen LogP contribution >= 0.6 is 11.8 Å². The van der Waals surface area contributed by atoms with Crippen LogP contribution in [0.2, 0.25) is 0 Å². The number of carbonyl (C=O) groups excluding carboxylic acids is 2. The number of aromatic nitrogens is 1. The van der Waals surface area contributed by atoms with E-state index in [9.17, 15) is 14.4 Å². The molecule has 1 aliphatic carbocycles. The Hall–Kier alpha value is -5.19. The number of nitrogens with zero attached hydrogens (tertiary/aromatic N) is 2. The van der Waals surface area contributed by atoms with Crippen LogP contribution in [-0.4, -0.2) is 16.3 Å². The van der Waals surface area contributed by atoms with Crippen molar-refractivity contribution in [2.24, 2.45) is 7.05 Å². The molecule has 7 heteroatoms. The minimum atomic E-state index is -0.481. The first-order valence-electron chi connectivity index (χ1n) is 12.8. The molecule has 0 unspecified atom stereocenters. The van der Waals surface area contributed by atoms with Gasteiger partial charge in [0.25, 0.3) is 11.2 Å². The van der Waals surface area contributed by atoms with Gasteiger partial charge in [-0.25, -0.2) is 9.64 Å². The summed E-state index contributed by atoms with van der Waals surface area (Å²) in [5, 5.41) is 0.565. The van der Waals surface area contributed by atoms with Gasteiger partial charge in [0, 0.05) is 44.4 Å². The van der Waals surface area contributed by atoms with E-state index in [1.165, 1.54) is 16.3 Å². The predicted octanol–water partition coefficient (Wildman–Crippen LogP) is 7.45. The summed E-state index contributed by atoms with van der Waals surface area (Å²) in [5.74, 6) is -0.677. The van der Waals surface area contributed by atoms with Gasteiger partial charge in [-0.3, -0.25) is 9.59 Å². The Labute approximate surface area is 240 Å².